The number of rotatable bonds is 6. The smallest absolute Gasteiger partial charge is 0.317 e. The van der Waals surface area contributed by atoms with Crippen molar-refractivity contribution in [3.8, 4) is 6.01 Å². The van der Waals surface area contributed by atoms with E-state index in [-0.39, 0.29) is 24.6 Å². The van der Waals surface area contributed by atoms with Gasteiger partial charge in [-0.05, 0) is 32.8 Å². The number of carbonyl (C=O) groups is 1. The fourth-order valence-corrected chi connectivity index (χ4v) is 3.27. The molecule has 0 aliphatic carbocycles. The first kappa shape index (κ1) is 19.9. The van der Waals surface area contributed by atoms with Gasteiger partial charge in [0.05, 0.1) is 23.6 Å². The van der Waals surface area contributed by atoms with Gasteiger partial charge in [0.25, 0.3) is 5.91 Å². The van der Waals surface area contributed by atoms with Crippen molar-refractivity contribution in [1.82, 2.24) is 29.7 Å². The Labute approximate surface area is 165 Å². The molecule has 0 spiro atoms. The van der Waals surface area contributed by atoms with E-state index in [4.69, 9.17) is 10.5 Å². The molecule has 2 N–H and O–H groups in total. The first-order chi connectivity index (χ1) is 13.4. The Morgan fingerprint density at radius 2 is 1.82 bits per heavy atom. The first-order valence-corrected chi connectivity index (χ1v) is 9.41. The average Bonchev–Trinajstić information content (AvgIpc) is 2.71. The monoisotopic (exact) mass is 385 g/mol. The van der Waals surface area contributed by atoms with Crippen molar-refractivity contribution in [3.63, 3.8) is 0 Å². The van der Waals surface area contributed by atoms with Crippen LogP contribution in [0.1, 0.15) is 30.1 Å². The number of aromatic nitrogens is 4. The minimum atomic E-state index is -0.0859. The molecule has 9 nitrogen and oxygen atoms in total. The number of likely N-dealkylation sites (N-methyl/N-ethyl adjacent to an activating group) is 1. The van der Waals surface area contributed by atoms with Crippen LogP contribution in [-0.4, -0.2) is 68.4 Å². The first-order valence-electron chi connectivity index (χ1n) is 9.41. The molecule has 2 aromatic heterocycles. The topological polar surface area (TPSA) is 110 Å². The van der Waals surface area contributed by atoms with E-state index in [0.717, 1.165) is 38.3 Å². The zero-order valence-corrected chi connectivity index (χ0v) is 16.6. The molecule has 0 unspecified atom stereocenters. The zero-order valence-electron chi connectivity index (χ0n) is 16.6. The summed E-state index contributed by atoms with van der Waals surface area (Å²) in [6.45, 7) is 6.04. The van der Waals surface area contributed by atoms with E-state index < -0.39 is 0 Å². The van der Waals surface area contributed by atoms with Crippen molar-refractivity contribution >= 4 is 11.6 Å². The number of carbonyl (C=O) groups excluding carboxylic acids is 1. The molecule has 0 radical (unpaired) electrons. The van der Waals surface area contributed by atoms with Crippen LogP contribution in [0.15, 0.2) is 18.5 Å². The predicted octanol–water partition coefficient (Wildman–Crippen LogP) is 0.967. The lowest BCUT2D eigenvalue weighted by molar-refractivity contribution is -0.135. The summed E-state index contributed by atoms with van der Waals surface area (Å²) in [5, 5.41) is 0. The minimum absolute atomic E-state index is 0.0828. The van der Waals surface area contributed by atoms with Crippen LogP contribution in [-0.2, 0) is 11.3 Å². The largest absolute Gasteiger partial charge is 0.453 e. The molecule has 28 heavy (non-hydrogen) atoms. The van der Waals surface area contributed by atoms with Gasteiger partial charge < -0.3 is 15.4 Å². The molecule has 0 saturated carbocycles. The molecule has 2 aromatic rings. The number of anilines is 1. The van der Waals surface area contributed by atoms with Gasteiger partial charge in [-0.15, -0.1) is 0 Å². The van der Waals surface area contributed by atoms with Crippen molar-refractivity contribution in [2.45, 2.75) is 39.3 Å². The molecule has 1 saturated heterocycles. The van der Waals surface area contributed by atoms with Gasteiger partial charge in [-0.25, -0.2) is 9.97 Å². The summed E-state index contributed by atoms with van der Waals surface area (Å²) in [4.78, 5) is 33.5. The van der Waals surface area contributed by atoms with E-state index >= 15 is 0 Å². The van der Waals surface area contributed by atoms with Gasteiger partial charge in [0.2, 0.25) is 0 Å². The Bertz CT molecular complexity index is 784. The molecule has 3 rings (SSSR count). The van der Waals surface area contributed by atoms with Crippen LogP contribution < -0.4 is 10.5 Å². The lowest BCUT2D eigenvalue weighted by Gasteiger charge is -2.36. The van der Waals surface area contributed by atoms with Gasteiger partial charge in [-0.3, -0.25) is 9.69 Å². The molecule has 0 aromatic carbocycles. The van der Waals surface area contributed by atoms with Crippen LogP contribution in [0.4, 0.5) is 5.69 Å². The molecule has 0 atom stereocenters. The van der Waals surface area contributed by atoms with E-state index in [2.05, 4.69) is 24.8 Å². The molecule has 0 bridgehead atoms. The second kappa shape index (κ2) is 8.92. The second-order valence-corrected chi connectivity index (χ2v) is 7.06. The highest BCUT2D eigenvalue weighted by atomic mass is 16.5. The van der Waals surface area contributed by atoms with Crippen LogP contribution in [0.5, 0.6) is 6.01 Å². The third-order valence-corrected chi connectivity index (χ3v) is 5.11. The number of ether oxygens (including phenoxy) is 1. The molecule has 9 heteroatoms. The van der Waals surface area contributed by atoms with Crippen LogP contribution in [0.25, 0.3) is 0 Å². The number of aryl methyl sites for hydroxylation is 2. The quantitative estimate of drug-likeness (QED) is 0.783. The highest BCUT2D eigenvalue weighted by Gasteiger charge is 2.26. The number of nitrogen functional groups attached to an aromatic ring is 1. The van der Waals surface area contributed by atoms with Crippen LogP contribution in [0.2, 0.25) is 0 Å². The van der Waals surface area contributed by atoms with Crippen LogP contribution in [0.3, 0.4) is 0 Å². The van der Waals surface area contributed by atoms with Crippen molar-refractivity contribution in [2.24, 2.45) is 0 Å². The minimum Gasteiger partial charge on any atom is -0.453 e. The number of piperidine rings is 1. The van der Waals surface area contributed by atoms with Gasteiger partial charge in [0, 0.05) is 38.6 Å². The summed E-state index contributed by atoms with van der Waals surface area (Å²) >= 11 is 0. The Balaban J connectivity index is 1.46. The third kappa shape index (κ3) is 4.92. The molecule has 3 heterocycles. The maximum Gasteiger partial charge on any atom is 0.317 e. The fourth-order valence-electron chi connectivity index (χ4n) is 3.27. The average molecular weight is 385 g/mol. The number of nitrogens with zero attached hydrogens (tertiary/aromatic N) is 6. The van der Waals surface area contributed by atoms with E-state index in [1.807, 2.05) is 13.1 Å². The highest BCUT2D eigenvalue weighted by Crippen LogP contribution is 2.18. The van der Waals surface area contributed by atoms with Crippen LogP contribution in [0, 0.1) is 13.8 Å². The highest BCUT2D eigenvalue weighted by molar-refractivity contribution is 5.77. The Hall–Kier alpha value is -2.81. The molecular weight excluding hydrogens is 358 g/mol. The van der Waals surface area contributed by atoms with Crippen LogP contribution >= 0.6 is 0 Å². The predicted molar refractivity (Wildman–Crippen MR) is 105 cm³/mol. The summed E-state index contributed by atoms with van der Waals surface area (Å²) in [6, 6.07) is 2.19. The zero-order chi connectivity index (χ0) is 20.1. The van der Waals surface area contributed by atoms with E-state index in [9.17, 15) is 4.79 Å². The van der Waals surface area contributed by atoms with Crippen molar-refractivity contribution in [3.05, 3.63) is 35.7 Å². The van der Waals surface area contributed by atoms with Gasteiger partial charge in [0.15, 0.2) is 6.61 Å². The summed E-state index contributed by atoms with van der Waals surface area (Å²) in [6.07, 6.45) is 5.34. The van der Waals surface area contributed by atoms with E-state index in [1.54, 1.807) is 31.1 Å². The summed E-state index contributed by atoms with van der Waals surface area (Å²) in [5.41, 5.74) is 7.69. The summed E-state index contributed by atoms with van der Waals surface area (Å²) in [5.74, 6) is 0.744. The molecule has 1 fully saturated rings. The number of hydrogen-bond acceptors (Lipinski definition) is 8. The Morgan fingerprint density at radius 3 is 2.43 bits per heavy atom. The van der Waals surface area contributed by atoms with Gasteiger partial charge in [0.1, 0.15) is 5.82 Å². The molecule has 1 amide bonds. The Kier molecular flexibility index (Phi) is 6.35. The lowest BCUT2D eigenvalue weighted by Crippen LogP contribution is -2.46. The molecule has 1 aliphatic rings. The third-order valence-electron chi connectivity index (χ3n) is 5.11. The summed E-state index contributed by atoms with van der Waals surface area (Å²) < 4.78 is 5.50. The van der Waals surface area contributed by atoms with Crippen molar-refractivity contribution in [2.75, 3.05) is 32.5 Å². The SMILES string of the molecule is Cc1nc(OCC(=O)N(C)C2CCN(Cc3ncccn3)CC2)nc(C)c1N. The number of nitrogens with two attached hydrogens (primary N) is 1. The van der Waals surface area contributed by atoms with E-state index in [1.165, 1.54) is 0 Å². The molecular formula is C19H27N7O2. The van der Waals surface area contributed by atoms with Gasteiger partial charge in [-0.1, -0.05) is 0 Å². The number of likely N-dealkylation sites (tertiary alicyclic amines) is 1. The fraction of sp³-hybridized carbons (Fsp3) is 0.526. The number of hydrogen-bond donors (Lipinski definition) is 1. The Morgan fingerprint density at radius 1 is 1.21 bits per heavy atom. The standard InChI is InChI=1S/C19H27N7O2/c1-13-18(20)14(2)24-19(23-13)28-12-17(27)25(3)15-5-9-26(10-6-15)11-16-21-7-4-8-22-16/h4,7-8,15H,5-6,9-12,20H2,1-3H3. The summed E-state index contributed by atoms with van der Waals surface area (Å²) in [7, 11) is 1.83. The maximum atomic E-state index is 12.5. The van der Waals surface area contributed by atoms with Crippen molar-refractivity contribution < 1.29 is 9.53 Å². The second-order valence-electron chi connectivity index (χ2n) is 7.06. The van der Waals surface area contributed by atoms with Gasteiger partial charge >= 0.3 is 6.01 Å². The molecule has 150 valence electrons. The van der Waals surface area contributed by atoms with Gasteiger partial charge in [-0.2, -0.15) is 9.97 Å². The maximum absolute atomic E-state index is 12.5. The lowest BCUT2D eigenvalue weighted by atomic mass is 10.0. The molecule has 1 aliphatic heterocycles. The normalized spacial score (nSPS) is 15.4. The van der Waals surface area contributed by atoms with Crippen molar-refractivity contribution in [1.29, 1.82) is 0 Å². The van der Waals surface area contributed by atoms with E-state index in [0.29, 0.717) is 17.1 Å². The number of amides is 1.